The Kier molecular flexibility index (Phi) is 5.40. The van der Waals surface area contributed by atoms with Gasteiger partial charge >= 0.3 is 0 Å². The van der Waals surface area contributed by atoms with Crippen LogP contribution in [0.25, 0.3) is 64.0 Å². The molecule has 0 bridgehead atoms. The molecule has 43 heavy (non-hydrogen) atoms. The van der Waals surface area contributed by atoms with Crippen LogP contribution in [-0.2, 0) is 0 Å². The number of thiophene rings is 1. The Bertz CT molecular complexity index is 2480. The molecule has 0 amide bonds. The summed E-state index contributed by atoms with van der Waals surface area (Å²) >= 11 is 1.85. The van der Waals surface area contributed by atoms with E-state index in [9.17, 15) is 0 Å². The van der Waals surface area contributed by atoms with E-state index in [1.165, 1.54) is 42.1 Å². The van der Waals surface area contributed by atoms with E-state index >= 15 is 0 Å². The van der Waals surface area contributed by atoms with Crippen molar-refractivity contribution in [3.63, 3.8) is 0 Å². The summed E-state index contributed by atoms with van der Waals surface area (Å²) in [7, 11) is 0. The number of furan rings is 1. The summed E-state index contributed by atoms with van der Waals surface area (Å²) in [4.78, 5) is 2.39. The molecule has 2 heterocycles. The highest BCUT2D eigenvalue weighted by atomic mass is 32.1. The minimum absolute atomic E-state index is 0.887. The molecule has 0 aliphatic rings. The van der Waals surface area contributed by atoms with Crippen molar-refractivity contribution < 1.29 is 4.42 Å². The van der Waals surface area contributed by atoms with Gasteiger partial charge in [0.15, 0.2) is 0 Å². The highest BCUT2D eigenvalue weighted by molar-refractivity contribution is 7.26. The number of para-hydroxylation sites is 1. The van der Waals surface area contributed by atoms with Crippen LogP contribution in [0.4, 0.5) is 17.1 Å². The summed E-state index contributed by atoms with van der Waals surface area (Å²) in [5.74, 6) is 0. The summed E-state index contributed by atoms with van der Waals surface area (Å²) in [6, 6.07) is 54.3. The number of fused-ring (bicyclic) bond motifs is 7. The molecule has 0 unspecified atom stereocenters. The van der Waals surface area contributed by atoms with Crippen LogP contribution in [0, 0.1) is 0 Å². The second kappa shape index (κ2) is 9.59. The van der Waals surface area contributed by atoms with Gasteiger partial charge in [0, 0.05) is 43.7 Å². The number of hydrogen-bond acceptors (Lipinski definition) is 3. The molecule has 0 aliphatic heterocycles. The Hall–Kier alpha value is -5.38. The number of benzene rings is 7. The maximum absolute atomic E-state index is 6.37. The van der Waals surface area contributed by atoms with Crippen molar-refractivity contribution in [1.29, 1.82) is 0 Å². The number of rotatable bonds is 4. The van der Waals surface area contributed by atoms with Gasteiger partial charge in [-0.05, 0) is 64.4 Å². The largest absolute Gasteiger partial charge is 0.456 e. The molecule has 3 heteroatoms. The normalized spacial score (nSPS) is 11.7. The van der Waals surface area contributed by atoms with Crippen LogP contribution in [-0.4, -0.2) is 0 Å². The lowest BCUT2D eigenvalue weighted by molar-refractivity contribution is 0.669. The second-order valence-corrected chi connectivity index (χ2v) is 12.0. The van der Waals surface area contributed by atoms with Crippen LogP contribution in [0.3, 0.4) is 0 Å². The van der Waals surface area contributed by atoms with Gasteiger partial charge < -0.3 is 9.32 Å². The fraction of sp³-hybridized carbons (Fsp3) is 0. The van der Waals surface area contributed by atoms with Gasteiger partial charge in [0.2, 0.25) is 0 Å². The lowest BCUT2D eigenvalue weighted by Crippen LogP contribution is -2.10. The Labute approximate surface area is 252 Å². The third kappa shape index (κ3) is 3.86. The van der Waals surface area contributed by atoms with Crippen LogP contribution in [0.5, 0.6) is 0 Å². The van der Waals surface area contributed by atoms with E-state index in [0.29, 0.717) is 0 Å². The second-order valence-electron chi connectivity index (χ2n) is 10.9. The maximum Gasteiger partial charge on any atom is 0.137 e. The zero-order valence-electron chi connectivity index (χ0n) is 23.2. The molecule has 2 aromatic heterocycles. The van der Waals surface area contributed by atoms with E-state index in [1.54, 1.807) is 0 Å². The molecule has 0 aliphatic carbocycles. The lowest BCUT2D eigenvalue weighted by Gasteiger charge is -2.26. The summed E-state index contributed by atoms with van der Waals surface area (Å²) < 4.78 is 8.93. The first-order chi connectivity index (χ1) is 21.3. The van der Waals surface area contributed by atoms with Crippen molar-refractivity contribution in [1.82, 2.24) is 0 Å². The van der Waals surface area contributed by atoms with Crippen molar-refractivity contribution in [2.45, 2.75) is 0 Å². The van der Waals surface area contributed by atoms with E-state index < -0.39 is 0 Å². The maximum atomic E-state index is 6.37. The average molecular weight is 568 g/mol. The molecule has 2 nitrogen and oxygen atoms in total. The molecular weight excluding hydrogens is 543 g/mol. The minimum atomic E-state index is 0.887. The molecule has 202 valence electrons. The van der Waals surface area contributed by atoms with Crippen LogP contribution >= 0.6 is 11.3 Å². The van der Waals surface area contributed by atoms with Crippen molar-refractivity contribution in [3.8, 4) is 11.1 Å². The first-order valence-electron chi connectivity index (χ1n) is 14.5. The number of hydrogen-bond donors (Lipinski definition) is 0. The zero-order valence-corrected chi connectivity index (χ0v) is 24.0. The zero-order chi connectivity index (χ0) is 28.3. The van der Waals surface area contributed by atoms with Gasteiger partial charge in [-0.3, -0.25) is 0 Å². The summed E-state index contributed by atoms with van der Waals surface area (Å²) in [5, 5.41) is 7.33. The fourth-order valence-electron chi connectivity index (χ4n) is 6.48. The molecule has 0 N–H and O–H groups in total. The van der Waals surface area contributed by atoms with Crippen LogP contribution in [0.1, 0.15) is 0 Å². The third-order valence-electron chi connectivity index (χ3n) is 8.45. The Morgan fingerprint density at radius 3 is 2.12 bits per heavy atom. The van der Waals surface area contributed by atoms with Gasteiger partial charge in [0.05, 0.1) is 10.4 Å². The Morgan fingerprint density at radius 1 is 0.465 bits per heavy atom. The smallest absolute Gasteiger partial charge is 0.137 e. The van der Waals surface area contributed by atoms with E-state index in [0.717, 1.165) is 39.0 Å². The SMILES string of the molecule is c1cc(-c2cccc3ccccc23)cc(N(c2ccc3c(c2)oc2ccccc23)c2cccc3c2sc2ccccc23)c1. The molecular formula is C40H25NOS. The molecule has 0 fully saturated rings. The first-order valence-corrected chi connectivity index (χ1v) is 15.3. The van der Waals surface area contributed by atoms with Gasteiger partial charge in [-0.25, -0.2) is 0 Å². The lowest BCUT2D eigenvalue weighted by atomic mass is 9.97. The quantitative estimate of drug-likeness (QED) is 0.210. The molecule has 0 saturated carbocycles. The third-order valence-corrected chi connectivity index (χ3v) is 9.66. The first kappa shape index (κ1) is 24.2. The average Bonchev–Trinajstić information content (AvgIpc) is 3.63. The predicted molar refractivity (Wildman–Crippen MR) is 184 cm³/mol. The highest BCUT2D eigenvalue weighted by Gasteiger charge is 2.20. The van der Waals surface area contributed by atoms with Crippen LogP contribution in [0.2, 0.25) is 0 Å². The van der Waals surface area contributed by atoms with Crippen LogP contribution in [0.15, 0.2) is 156 Å². The highest BCUT2D eigenvalue weighted by Crippen LogP contribution is 2.46. The molecule has 0 radical (unpaired) electrons. The summed E-state index contributed by atoms with van der Waals surface area (Å²) in [6.45, 7) is 0. The van der Waals surface area contributed by atoms with Gasteiger partial charge in [0.25, 0.3) is 0 Å². The van der Waals surface area contributed by atoms with Crippen molar-refractivity contribution in [2.24, 2.45) is 0 Å². The van der Waals surface area contributed by atoms with E-state index in [2.05, 4.69) is 144 Å². The molecule has 0 atom stereocenters. The standard InChI is InChI=1S/C40H25NOS/c1-2-14-30-26(10-1)11-8-17-31(30)27-12-7-13-28(24-27)41(29-22-23-33-32-15-3-5-20-37(32)42-38(33)25-29)36-19-9-18-35-34-16-4-6-21-39(34)43-40(35)36/h1-25H. The minimum Gasteiger partial charge on any atom is -0.456 e. The molecule has 0 spiro atoms. The number of anilines is 3. The van der Waals surface area contributed by atoms with Crippen LogP contribution < -0.4 is 4.90 Å². The predicted octanol–water partition coefficient (Wildman–Crippen LogP) is 12.2. The van der Waals surface area contributed by atoms with Gasteiger partial charge in [0.1, 0.15) is 11.2 Å². The monoisotopic (exact) mass is 567 g/mol. The van der Waals surface area contributed by atoms with Crippen molar-refractivity contribution >= 4 is 81.3 Å². The Balaban J connectivity index is 1.30. The molecule has 9 aromatic rings. The fourth-order valence-corrected chi connectivity index (χ4v) is 7.69. The summed E-state index contributed by atoms with van der Waals surface area (Å²) in [6.07, 6.45) is 0. The Morgan fingerprint density at radius 2 is 1.16 bits per heavy atom. The van der Waals surface area contributed by atoms with Crippen molar-refractivity contribution in [2.75, 3.05) is 4.90 Å². The van der Waals surface area contributed by atoms with Gasteiger partial charge in [-0.15, -0.1) is 11.3 Å². The van der Waals surface area contributed by atoms with E-state index in [-0.39, 0.29) is 0 Å². The van der Waals surface area contributed by atoms with Crippen molar-refractivity contribution in [3.05, 3.63) is 152 Å². The molecule has 9 rings (SSSR count). The topological polar surface area (TPSA) is 16.4 Å². The van der Waals surface area contributed by atoms with E-state index in [4.69, 9.17) is 4.42 Å². The van der Waals surface area contributed by atoms with Gasteiger partial charge in [-0.2, -0.15) is 0 Å². The molecule has 7 aromatic carbocycles. The van der Waals surface area contributed by atoms with Gasteiger partial charge in [-0.1, -0.05) is 103 Å². The summed E-state index contributed by atoms with van der Waals surface area (Å²) in [5.41, 5.74) is 7.53. The molecule has 0 saturated heterocycles. The number of nitrogens with zero attached hydrogens (tertiary/aromatic N) is 1. The van der Waals surface area contributed by atoms with E-state index in [1.807, 2.05) is 23.5 Å².